The van der Waals surface area contributed by atoms with Crippen LogP contribution < -0.4 is 4.74 Å². The van der Waals surface area contributed by atoms with Gasteiger partial charge in [-0.2, -0.15) is 8.78 Å². The van der Waals surface area contributed by atoms with Crippen molar-refractivity contribution in [1.29, 1.82) is 0 Å². The fourth-order valence-corrected chi connectivity index (χ4v) is 1.60. The van der Waals surface area contributed by atoms with Gasteiger partial charge in [0.2, 0.25) is 0 Å². The Labute approximate surface area is 109 Å². The van der Waals surface area contributed by atoms with E-state index >= 15 is 0 Å². The first-order chi connectivity index (χ1) is 8.99. The van der Waals surface area contributed by atoms with Crippen molar-refractivity contribution in [2.45, 2.75) is 12.8 Å². The first-order valence-corrected chi connectivity index (χ1v) is 5.81. The van der Waals surface area contributed by atoms with Crippen molar-refractivity contribution < 1.29 is 17.9 Å². The number of hydrogen-bond acceptors (Lipinski definition) is 1. The molecule has 0 aliphatic rings. The zero-order valence-corrected chi connectivity index (χ0v) is 10.4. The van der Waals surface area contributed by atoms with Crippen molar-refractivity contribution in [3.63, 3.8) is 0 Å². The minimum atomic E-state index is -3.11. The first-order valence-electron chi connectivity index (χ1n) is 5.81. The van der Waals surface area contributed by atoms with E-state index in [2.05, 4.69) is 0 Å². The molecule has 0 radical (unpaired) electrons. The van der Waals surface area contributed by atoms with Crippen molar-refractivity contribution in [2.24, 2.45) is 0 Å². The maximum absolute atomic E-state index is 13.8. The molecule has 4 heteroatoms. The molecular weight excluding hydrogens is 253 g/mol. The molecule has 100 valence electrons. The highest BCUT2D eigenvalue weighted by Gasteiger charge is 2.32. The van der Waals surface area contributed by atoms with Crippen LogP contribution in [-0.2, 0) is 5.92 Å². The average molecular weight is 266 g/mol. The summed E-state index contributed by atoms with van der Waals surface area (Å²) in [5.41, 5.74) is 0.324. The Kier molecular flexibility index (Phi) is 3.79. The minimum absolute atomic E-state index is 0.0960. The van der Waals surface area contributed by atoms with Crippen LogP contribution in [0.2, 0.25) is 0 Å². The van der Waals surface area contributed by atoms with Crippen molar-refractivity contribution in [2.75, 3.05) is 6.61 Å². The van der Waals surface area contributed by atoms with Gasteiger partial charge in [0.1, 0.15) is 11.6 Å². The molecule has 2 aromatic carbocycles. The number of benzene rings is 2. The van der Waals surface area contributed by atoms with Crippen LogP contribution in [0.3, 0.4) is 0 Å². The Bertz CT molecular complexity index is 553. The van der Waals surface area contributed by atoms with Gasteiger partial charge in [-0.1, -0.05) is 36.4 Å². The SMILES string of the molecule is Cc1ccc(OCC(F)(F)c2ccccc2)cc1F. The lowest BCUT2D eigenvalue weighted by atomic mass is 10.1. The molecule has 0 aromatic heterocycles. The molecule has 0 amide bonds. The average Bonchev–Trinajstić information content (AvgIpc) is 2.41. The summed E-state index contributed by atoms with van der Waals surface area (Å²) in [4.78, 5) is 0. The molecule has 0 unspecified atom stereocenters. The van der Waals surface area contributed by atoms with E-state index < -0.39 is 18.3 Å². The maximum Gasteiger partial charge on any atom is 0.306 e. The summed E-state index contributed by atoms with van der Waals surface area (Å²) in [6, 6.07) is 11.5. The van der Waals surface area contributed by atoms with E-state index in [0.29, 0.717) is 5.56 Å². The lowest BCUT2D eigenvalue weighted by Crippen LogP contribution is -2.23. The van der Waals surface area contributed by atoms with Crippen LogP contribution in [-0.4, -0.2) is 6.61 Å². The van der Waals surface area contributed by atoms with E-state index in [-0.39, 0.29) is 11.3 Å². The summed E-state index contributed by atoms with van der Waals surface area (Å²) >= 11 is 0. The van der Waals surface area contributed by atoms with Crippen LogP contribution in [0.1, 0.15) is 11.1 Å². The van der Waals surface area contributed by atoms with Crippen molar-refractivity contribution >= 4 is 0 Å². The van der Waals surface area contributed by atoms with Crippen molar-refractivity contribution in [1.82, 2.24) is 0 Å². The molecule has 0 atom stereocenters. The molecule has 0 spiro atoms. The van der Waals surface area contributed by atoms with Crippen LogP contribution in [0.15, 0.2) is 48.5 Å². The second kappa shape index (κ2) is 5.34. The molecule has 0 N–H and O–H groups in total. The molecule has 2 rings (SSSR count). The first kappa shape index (κ1) is 13.5. The van der Waals surface area contributed by atoms with Gasteiger partial charge in [0, 0.05) is 11.6 Å². The molecule has 0 saturated carbocycles. The summed E-state index contributed by atoms with van der Waals surface area (Å²) in [6.07, 6.45) is 0. The minimum Gasteiger partial charge on any atom is -0.487 e. The third-order valence-electron chi connectivity index (χ3n) is 2.76. The summed E-state index contributed by atoms with van der Waals surface area (Å²) in [5.74, 6) is -3.48. The number of ether oxygens (including phenoxy) is 1. The molecule has 1 nitrogen and oxygen atoms in total. The smallest absolute Gasteiger partial charge is 0.306 e. The molecule has 0 fully saturated rings. The van der Waals surface area contributed by atoms with Crippen molar-refractivity contribution in [3.05, 3.63) is 65.5 Å². The van der Waals surface area contributed by atoms with E-state index in [1.807, 2.05) is 0 Å². The maximum atomic E-state index is 13.8. The second-order valence-electron chi connectivity index (χ2n) is 4.27. The zero-order valence-electron chi connectivity index (χ0n) is 10.4. The molecule has 0 aliphatic heterocycles. The van der Waals surface area contributed by atoms with Crippen molar-refractivity contribution in [3.8, 4) is 5.75 Å². The van der Waals surface area contributed by atoms with E-state index in [9.17, 15) is 13.2 Å². The molecule has 0 aliphatic carbocycles. The van der Waals surface area contributed by atoms with Gasteiger partial charge in [-0.3, -0.25) is 0 Å². The van der Waals surface area contributed by atoms with Crippen LogP contribution in [0.5, 0.6) is 5.75 Å². The Morgan fingerprint density at radius 1 is 1.05 bits per heavy atom. The number of aryl methyl sites for hydroxylation is 1. The Hall–Kier alpha value is -1.97. The highest BCUT2D eigenvalue weighted by atomic mass is 19.3. The van der Waals surface area contributed by atoms with E-state index in [4.69, 9.17) is 4.74 Å². The topological polar surface area (TPSA) is 9.23 Å². The van der Waals surface area contributed by atoms with E-state index in [0.717, 1.165) is 6.07 Å². The van der Waals surface area contributed by atoms with Gasteiger partial charge in [-0.25, -0.2) is 4.39 Å². The third-order valence-corrected chi connectivity index (χ3v) is 2.76. The lowest BCUT2D eigenvalue weighted by Gasteiger charge is -2.17. The summed E-state index contributed by atoms with van der Waals surface area (Å²) < 4.78 is 45.8. The monoisotopic (exact) mass is 266 g/mol. The molecule has 0 saturated heterocycles. The molecule has 2 aromatic rings. The lowest BCUT2D eigenvalue weighted by molar-refractivity contribution is -0.0467. The standard InChI is InChI=1S/C15H13F3O/c1-11-7-8-13(9-14(11)16)19-10-15(17,18)12-5-3-2-4-6-12/h2-9H,10H2,1H3. The van der Waals surface area contributed by atoms with Gasteiger partial charge < -0.3 is 4.74 Å². The highest BCUT2D eigenvalue weighted by molar-refractivity contribution is 5.28. The predicted octanol–water partition coefficient (Wildman–Crippen LogP) is 4.30. The number of rotatable bonds is 4. The largest absolute Gasteiger partial charge is 0.487 e. The molecule has 19 heavy (non-hydrogen) atoms. The van der Waals surface area contributed by atoms with Gasteiger partial charge in [0.15, 0.2) is 6.61 Å². The van der Waals surface area contributed by atoms with Gasteiger partial charge >= 0.3 is 5.92 Å². The van der Waals surface area contributed by atoms with Crippen LogP contribution in [0.4, 0.5) is 13.2 Å². The molecular formula is C15H13F3O. The summed E-state index contributed by atoms with van der Waals surface area (Å²) in [7, 11) is 0. The number of halogens is 3. The van der Waals surface area contributed by atoms with Gasteiger partial charge in [0.25, 0.3) is 0 Å². The van der Waals surface area contributed by atoms with Crippen LogP contribution in [0, 0.1) is 12.7 Å². The summed E-state index contributed by atoms with van der Waals surface area (Å²) in [5, 5.41) is 0. The Morgan fingerprint density at radius 3 is 2.37 bits per heavy atom. The normalized spacial score (nSPS) is 11.4. The predicted molar refractivity (Wildman–Crippen MR) is 67.0 cm³/mol. The van der Waals surface area contributed by atoms with E-state index in [1.165, 1.54) is 36.4 Å². The zero-order chi connectivity index (χ0) is 13.9. The fourth-order valence-electron chi connectivity index (χ4n) is 1.60. The van der Waals surface area contributed by atoms with Gasteiger partial charge in [-0.15, -0.1) is 0 Å². The van der Waals surface area contributed by atoms with Crippen LogP contribution in [0.25, 0.3) is 0 Å². The van der Waals surface area contributed by atoms with Crippen LogP contribution >= 0.6 is 0 Å². The fraction of sp³-hybridized carbons (Fsp3) is 0.200. The highest BCUT2D eigenvalue weighted by Crippen LogP contribution is 2.29. The second-order valence-corrected chi connectivity index (χ2v) is 4.27. The number of hydrogen-bond donors (Lipinski definition) is 0. The molecule has 0 bridgehead atoms. The van der Waals surface area contributed by atoms with E-state index in [1.54, 1.807) is 13.0 Å². The Morgan fingerprint density at radius 2 is 1.74 bits per heavy atom. The summed E-state index contributed by atoms with van der Waals surface area (Å²) in [6.45, 7) is 0.775. The van der Waals surface area contributed by atoms with Gasteiger partial charge in [0.05, 0.1) is 0 Å². The number of alkyl halides is 2. The van der Waals surface area contributed by atoms with Gasteiger partial charge in [-0.05, 0) is 18.6 Å². The molecule has 0 heterocycles. The Balaban J connectivity index is 2.07. The third kappa shape index (κ3) is 3.28. The quantitative estimate of drug-likeness (QED) is 0.801.